The standard InChI is InChI=1S/C28H33NO4S/c1-16-3-6-19(7-4-16)34(31,32)33-15-17-11-24-21(20-8-5-18(30)12-22(17)20)9-10-28(2)26(14-29)23-13-25(23)27(24)28/h3-4,6-7,12,17,20-21,23-27H,5,8-11,13,15H2,1-2H3/t17-,20+,21+,23-,24+,25+,26-,27+,28+/m0/s1. The Labute approximate surface area is 202 Å². The van der Waals surface area contributed by atoms with E-state index >= 15 is 0 Å². The number of benzene rings is 1. The first-order valence-corrected chi connectivity index (χ1v) is 14.2. The molecule has 0 amide bonds. The number of hydrogen-bond donors (Lipinski definition) is 0. The van der Waals surface area contributed by atoms with Crippen molar-refractivity contribution in [3.05, 3.63) is 41.5 Å². The molecule has 34 heavy (non-hydrogen) atoms. The molecule has 1 aromatic rings. The SMILES string of the molecule is Cc1ccc(S(=O)(=O)OC[C@@H]2C[C@@H]3[C@H](CC[C@@]4(C)[C@H]3[C@@H]3C[C@@H]3[C@@H]4C#N)[C@H]3CCC(=O)C=C23)cc1. The Morgan fingerprint density at radius 3 is 2.56 bits per heavy atom. The number of carbonyl (C=O) groups excluding carboxylic acids is 1. The highest BCUT2D eigenvalue weighted by atomic mass is 32.2. The second kappa shape index (κ2) is 7.77. The van der Waals surface area contributed by atoms with Crippen LogP contribution in [0.3, 0.4) is 0 Å². The smallest absolute Gasteiger partial charge is 0.295 e. The summed E-state index contributed by atoms with van der Waals surface area (Å²) in [6.07, 6.45) is 7.53. The predicted molar refractivity (Wildman–Crippen MR) is 127 cm³/mol. The molecular weight excluding hydrogens is 446 g/mol. The van der Waals surface area contributed by atoms with E-state index in [1.807, 2.05) is 13.0 Å². The van der Waals surface area contributed by atoms with Gasteiger partial charge in [0.05, 0.1) is 23.5 Å². The highest BCUT2D eigenvalue weighted by Crippen LogP contribution is 2.74. The van der Waals surface area contributed by atoms with Crippen LogP contribution < -0.4 is 0 Å². The molecule has 0 N–H and O–H groups in total. The largest absolute Gasteiger partial charge is 0.296 e. The number of ketones is 1. The second-order valence-corrected chi connectivity index (χ2v) is 13.4. The molecule has 0 spiro atoms. The Morgan fingerprint density at radius 2 is 1.82 bits per heavy atom. The first-order valence-electron chi connectivity index (χ1n) is 12.8. The summed E-state index contributed by atoms with van der Waals surface area (Å²) >= 11 is 0. The molecule has 6 heteroatoms. The third-order valence-corrected chi connectivity index (χ3v) is 11.5. The molecule has 180 valence electrons. The van der Waals surface area contributed by atoms with Crippen LogP contribution in [-0.2, 0) is 19.1 Å². The Kier molecular flexibility index (Phi) is 5.14. The van der Waals surface area contributed by atoms with Crippen LogP contribution in [0.25, 0.3) is 0 Å². The molecular formula is C28H33NO4S. The van der Waals surface area contributed by atoms with Crippen LogP contribution in [0.4, 0.5) is 0 Å². The molecule has 5 aliphatic carbocycles. The number of rotatable bonds is 4. The zero-order chi connectivity index (χ0) is 23.8. The van der Waals surface area contributed by atoms with Gasteiger partial charge in [-0.1, -0.05) is 30.2 Å². The molecule has 4 fully saturated rings. The van der Waals surface area contributed by atoms with Crippen molar-refractivity contribution in [2.75, 3.05) is 6.61 Å². The van der Waals surface area contributed by atoms with Gasteiger partial charge in [0.25, 0.3) is 10.1 Å². The summed E-state index contributed by atoms with van der Waals surface area (Å²) in [7, 11) is -3.86. The van der Waals surface area contributed by atoms with Gasteiger partial charge in [-0.25, -0.2) is 0 Å². The maximum Gasteiger partial charge on any atom is 0.296 e. The van der Waals surface area contributed by atoms with E-state index < -0.39 is 10.1 Å². The van der Waals surface area contributed by atoms with E-state index in [4.69, 9.17) is 4.18 Å². The van der Waals surface area contributed by atoms with Crippen molar-refractivity contribution >= 4 is 15.9 Å². The molecule has 0 heterocycles. The lowest BCUT2D eigenvalue weighted by Crippen LogP contribution is -2.50. The fourth-order valence-corrected chi connectivity index (χ4v) is 9.60. The van der Waals surface area contributed by atoms with Crippen molar-refractivity contribution in [1.82, 2.24) is 0 Å². The monoisotopic (exact) mass is 479 g/mol. The lowest BCUT2D eigenvalue weighted by Gasteiger charge is -2.56. The minimum atomic E-state index is -3.86. The van der Waals surface area contributed by atoms with Crippen molar-refractivity contribution in [2.45, 2.75) is 57.3 Å². The molecule has 0 saturated heterocycles. The summed E-state index contributed by atoms with van der Waals surface area (Å²) in [5.74, 6) is 3.37. The normalized spacial score (nSPS) is 42.5. The third kappa shape index (κ3) is 3.34. The molecule has 0 aromatic heterocycles. The fourth-order valence-electron chi connectivity index (χ4n) is 8.65. The number of carbonyl (C=O) groups is 1. The molecule has 9 atom stereocenters. The zero-order valence-corrected chi connectivity index (χ0v) is 20.8. The summed E-state index contributed by atoms with van der Waals surface area (Å²) in [4.78, 5) is 12.6. The van der Waals surface area contributed by atoms with Crippen LogP contribution in [0, 0.1) is 71.0 Å². The van der Waals surface area contributed by atoms with E-state index in [0.29, 0.717) is 41.9 Å². The van der Waals surface area contributed by atoms with E-state index in [2.05, 4.69) is 13.0 Å². The number of aryl methyl sites for hydroxylation is 1. The summed E-state index contributed by atoms with van der Waals surface area (Å²) < 4.78 is 31.5. The van der Waals surface area contributed by atoms with Gasteiger partial charge in [-0.3, -0.25) is 8.98 Å². The maximum absolute atomic E-state index is 12.9. The van der Waals surface area contributed by atoms with E-state index in [0.717, 1.165) is 36.8 Å². The molecule has 5 nitrogen and oxygen atoms in total. The van der Waals surface area contributed by atoms with Gasteiger partial charge in [0.15, 0.2) is 5.78 Å². The summed E-state index contributed by atoms with van der Waals surface area (Å²) in [5.41, 5.74) is 2.20. The molecule has 4 saturated carbocycles. The highest BCUT2D eigenvalue weighted by Gasteiger charge is 2.69. The first-order chi connectivity index (χ1) is 16.2. The summed E-state index contributed by atoms with van der Waals surface area (Å²) in [6, 6.07) is 9.41. The van der Waals surface area contributed by atoms with Crippen LogP contribution in [0.1, 0.15) is 51.0 Å². The average molecular weight is 480 g/mol. The van der Waals surface area contributed by atoms with Gasteiger partial charge in [0.1, 0.15) is 0 Å². The number of nitrogens with zero attached hydrogens (tertiary/aromatic N) is 1. The average Bonchev–Trinajstić information content (AvgIpc) is 3.52. The minimum Gasteiger partial charge on any atom is -0.295 e. The van der Waals surface area contributed by atoms with Gasteiger partial charge in [0.2, 0.25) is 0 Å². The van der Waals surface area contributed by atoms with E-state index in [-0.39, 0.29) is 34.5 Å². The van der Waals surface area contributed by atoms with Gasteiger partial charge >= 0.3 is 0 Å². The van der Waals surface area contributed by atoms with Gasteiger partial charge in [-0.15, -0.1) is 0 Å². The predicted octanol–water partition coefficient (Wildman–Crippen LogP) is 5.06. The van der Waals surface area contributed by atoms with Gasteiger partial charge in [-0.2, -0.15) is 13.7 Å². The van der Waals surface area contributed by atoms with Crippen molar-refractivity contribution in [1.29, 1.82) is 5.26 Å². The quantitative estimate of drug-likeness (QED) is 0.563. The fraction of sp³-hybridized carbons (Fsp3) is 0.643. The van der Waals surface area contributed by atoms with Crippen molar-refractivity contribution in [2.24, 2.45) is 52.8 Å². The molecule has 0 aliphatic heterocycles. The molecule has 0 bridgehead atoms. The van der Waals surface area contributed by atoms with Gasteiger partial charge in [0, 0.05) is 12.3 Å². The molecule has 6 rings (SSSR count). The van der Waals surface area contributed by atoms with E-state index in [1.165, 1.54) is 6.42 Å². The van der Waals surface area contributed by atoms with E-state index in [1.54, 1.807) is 24.3 Å². The Hall–Kier alpha value is -1.97. The summed E-state index contributed by atoms with van der Waals surface area (Å²) in [6.45, 7) is 4.36. The first kappa shape index (κ1) is 22.5. The number of nitriles is 1. The Morgan fingerprint density at radius 1 is 1.09 bits per heavy atom. The zero-order valence-electron chi connectivity index (χ0n) is 19.9. The number of fused-ring (bicyclic) bond motifs is 7. The number of hydrogen-bond acceptors (Lipinski definition) is 5. The van der Waals surface area contributed by atoms with Crippen LogP contribution in [-0.4, -0.2) is 20.8 Å². The van der Waals surface area contributed by atoms with Crippen LogP contribution in [0.5, 0.6) is 0 Å². The highest BCUT2D eigenvalue weighted by molar-refractivity contribution is 7.86. The Balaban J connectivity index is 1.29. The Bertz CT molecular complexity index is 1200. The maximum atomic E-state index is 12.9. The van der Waals surface area contributed by atoms with Gasteiger partial charge < -0.3 is 0 Å². The molecule has 0 radical (unpaired) electrons. The lowest BCUT2D eigenvalue weighted by molar-refractivity contribution is -0.116. The lowest BCUT2D eigenvalue weighted by atomic mass is 9.48. The van der Waals surface area contributed by atoms with Crippen LogP contribution in [0.2, 0.25) is 0 Å². The molecule has 1 aromatic carbocycles. The summed E-state index contributed by atoms with van der Waals surface area (Å²) in [5, 5.41) is 9.95. The van der Waals surface area contributed by atoms with Crippen molar-refractivity contribution in [3.63, 3.8) is 0 Å². The second-order valence-electron chi connectivity index (χ2n) is 11.8. The van der Waals surface area contributed by atoms with Crippen LogP contribution in [0.15, 0.2) is 40.8 Å². The molecule has 0 unspecified atom stereocenters. The van der Waals surface area contributed by atoms with Crippen molar-refractivity contribution in [3.8, 4) is 6.07 Å². The topological polar surface area (TPSA) is 84.2 Å². The third-order valence-electron chi connectivity index (χ3n) is 10.2. The molecule has 5 aliphatic rings. The van der Waals surface area contributed by atoms with Crippen molar-refractivity contribution < 1.29 is 17.4 Å². The van der Waals surface area contributed by atoms with Gasteiger partial charge in [-0.05, 0) is 98.2 Å². The van der Waals surface area contributed by atoms with E-state index in [9.17, 15) is 18.5 Å². The minimum absolute atomic E-state index is 0.0589. The van der Waals surface area contributed by atoms with Crippen LogP contribution >= 0.6 is 0 Å².